The van der Waals surface area contributed by atoms with Crippen molar-refractivity contribution in [3.8, 4) is 0 Å². The number of carbonyl (C=O) groups excluding carboxylic acids is 3. The summed E-state index contributed by atoms with van der Waals surface area (Å²) in [7, 11) is 3.21. The van der Waals surface area contributed by atoms with Gasteiger partial charge in [-0.3, -0.25) is 29.0 Å². The number of amides is 4. The number of fused-ring (bicyclic) bond motifs is 3. The van der Waals surface area contributed by atoms with Crippen LogP contribution in [0.4, 0.5) is 4.79 Å². The number of nitrogens with one attached hydrogen (secondary N) is 2. The lowest BCUT2D eigenvalue weighted by molar-refractivity contribution is -0.126. The molecule has 1 atom stereocenters. The quantitative estimate of drug-likeness (QED) is 0.404. The molecule has 4 amide bonds. The number of hydrogen-bond donors (Lipinski definition) is 2. The molecule has 3 heterocycles. The van der Waals surface area contributed by atoms with Crippen LogP contribution >= 0.6 is 0 Å². The minimum absolute atomic E-state index is 0.0632. The zero-order valence-electron chi connectivity index (χ0n) is 21.7. The molecule has 1 unspecified atom stereocenters. The van der Waals surface area contributed by atoms with Gasteiger partial charge in [0, 0.05) is 32.3 Å². The van der Waals surface area contributed by atoms with Gasteiger partial charge in [0.05, 0.1) is 28.8 Å². The van der Waals surface area contributed by atoms with E-state index in [2.05, 4.69) is 10.6 Å². The van der Waals surface area contributed by atoms with Gasteiger partial charge in [0.15, 0.2) is 0 Å². The van der Waals surface area contributed by atoms with Crippen LogP contribution in [0.1, 0.15) is 27.9 Å². The lowest BCUT2D eigenvalue weighted by Crippen LogP contribution is -2.48. The Hall–Kier alpha value is -4.47. The van der Waals surface area contributed by atoms with Gasteiger partial charge in [-0.05, 0) is 60.4 Å². The highest BCUT2D eigenvalue weighted by atomic mass is 16.2. The summed E-state index contributed by atoms with van der Waals surface area (Å²) in [4.78, 5) is 56.8. The van der Waals surface area contributed by atoms with Crippen LogP contribution in [-0.4, -0.2) is 56.5 Å². The molecule has 0 saturated carbocycles. The Bertz CT molecular complexity index is 1770. The molecule has 0 radical (unpaired) electrons. The summed E-state index contributed by atoms with van der Waals surface area (Å²) in [5.74, 6) is -0.512. The number of pyridine rings is 1. The van der Waals surface area contributed by atoms with Gasteiger partial charge in [-0.2, -0.15) is 0 Å². The maximum Gasteiger partial charge on any atom is 0.329 e. The van der Waals surface area contributed by atoms with E-state index < -0.39 is 5.54 Å². The van der Waals surface area contributed by atoms with E-state index in [0.29, 0.717) is 18.5 Å². The van der Waals surface area contributed by atoms with Crippen LogP contribution in [0, 0.1) is 13.8 Å². The number of aryl methyl sites for hydroxylation is 2. The molecule has 194 valence electrons. The first-order valence-electron chi connectivity index (χ1n) is 12.5. The van der Waals surface area contributed by atoms with E-state index in [9.17, 15) is 19.2 Å². The van der Waals surface area contributed by atoms with E-state index in [4.69, 9.17) is 4.98 Å². The number of benzene rings is 2. The molecule has 1 spiro atoms. The number of nitrogens with zero attached hydrogens (tertiary/aromatic N) is 4. The number of imide groups is 1. The number of hydrogen-bond acceptors (Lipinski definition) is 5. The number of carbonyl (C=O) groups is 3. The van der Waals surface area contributed by atoms with Crippen LogP contribution in [0.3, 0.4) is 0 Å². The topological polar surface area (TPSA) is 118 Å². The smallest absolute Gasteiger partial charge is 0.329 e. The molecule has 1 aliphatic heterocycles. The number of likely N-dealkylation sites (N-methyl/N-ethyl adjacent to an activating group) is 2. The second-order valence-corrected chi connectivity index (χ2v) is 10.4. The van der Waals surface area contributed by atoms with E-state index in [1.807, 2.05) is 50.2 Å². The Morgan fingerprint density at radius 1 is 1.05 bits per heavy atom. The molecule has 1 saturated heterocycles. The fourth-order valence-corrected chi connectivity index (χ4v) is 5.98. The van der Waals surface area contributed by atoms with Gasteiger partial charge in [0.1, 0.15) is 12.1 Å². The first kappa shape index (κ1) is 23.9. The van der Waals surface area contributed by atoms with Crippen LogP contribution < -0.4 is 16.3 Å². The second kappa shape index (κ2) is 8.27. The van der Waals surface area contributed by atoms with Crippen molar-refractivity contribution in [3.63, 3.8) is 0 Å². The summed E-state index contributed by atoms with van der Waals surface area (Å²) in [5.41, 5.74) is 5.77. The molecule has 6 rings (SSSR count). The van der Waals surface area contributed by atoms with Crippen molar-refractivity contribution in [3.05, 3.63) is 74.8 Å². The molecule has 10 heteroatoms. The van der Waals surface area contributed by atoms with Crippen LogP contribution in [-0.2, 0) is 35.5 Å². The van der Waals surface area contributed by atoms with Gasteiger partial charge in [0.2, 0.25) is 5.91 Å². The Labute approximate surface area is 218 Å². The van der Waals surface area contributed by atoms with Gasteiger partial charge in [-0.15, -0.1) is 0 Å². The maximum atomic E-state index is 13.5. The monoisotopic (exact) mass is 512 g/mol. The van der Waals surface area contributed by atoms with Gasteiger partial charge in [0.25, 0.3) is 5.91 Å². The maximum absolute atomic E-state index is 13.5. The van der Waals surface area contributed by atoms with Gasteiger partial charge in [-0.1, -0.05) is 12.1 Å². The minimum atomic E-state index is -0.894. The predicted molar refractivity (Wildman–Crippen MR) is 142 cm³/mol. The molecule has 10 nitrogen and oxygen atoms in total. The van der Waals surface area contributed by atoms with Crippen LogP contribution in [0.2, 0.25) is 0 Å². The largest absolute Gasteiger partial charge is 0.358 e. The van der Waals surface area contributed by atoms with E-state index in [1.54, 1.807) is 18.7 Å². The summed E-state index contributed by atoms with van der Waals surface area (Å²) in [5, 5.41) is 5.95. The van der Waals surface area contributed by atoms with Crippen molar-refractivity contribution in [1.82, 2.24) is 29.7 Å². The minimum Gasteiger partial charge on any atom is -0.358 e. The third-order valence-corrected chi connectivity index (χ3v) is 7.97. The number of urea groups is 1. The van der Waals surface area contributed by atoms with Crippen molar-refractivity contribution in [2.24, 2.45) is 0 Å². The summed E-state index contributed by atoms with van der Waals surface area (Å²) in [6.45, 7) is 4.10. The Morgan fingerprint density at radius 2 is 1.79 bits per heavy atom. The lowest BCUT2D eigenvalue weighted by Gasteiger charge is -2.27. The summed E-state index contributed by atoms with van der Waals surface area (Å²) >= 11 is 0. The molecule has 0 bridgehead atoms. The van der Waals surface area contributed by atoms with Gasteiger partial charge < -0.3 is 10.2 Å². The van der Waals surface area contributed by atoms with Crippen LogP contribution in [0.25, 0.3) is 21.9 Å². The Kier molecular flexibility index (Phi) is 5.20. The first-order chi connectivity index (χ1) is 18.1. The summed E-state index contributed by atoms with van der Waals surface area (Å²) in [6.07, 6.45) is 0.899. The summed E-state index contributed by atoms with van der Waals surface area (Å²) in [6, 6.07) is 11.5. The number of rotatable bonds is 4. The average Bonchev–Trinajstić information content (AvgIpc) is 3.44. The van der Waals surface area contributed by atoms with Crippen LogP contribution in [0.5, 0.6) is 0 Å². The van der Waals surface area contributed by atoms with E-state index >= 15 is 0 Å². The van der Waals surface area contributed by atoms with E-state index in [0.717, 1.165) is 44.2 Å². The van der Waals surface area contributed by atoms with E-state index in [-0.39, 0.29) is 36.6 Å². The van der Waals surface area contributed by atoms with Gasteiger partial charge in [-0.25, -0.2) is 9.59 Å². The van der Waals surface area contributed by atoms with Crippen molar-refractivity contribution >= 4 is 39.8 Å². The molecule has 1 aliphatic carbocycles. The third-order valence-electron chi connectivity index (χ3n) is 7.97. The van der Waals surface area contributed by atoms with Gasteiger partial charge >= 0.3 is 11.7 Å². The molecule has 2 aliphatic rings. The Morgan fingerprint density at radius 3 is 2.47 bits per heavy atom. The fourth-order valence-electron chi connectivity index (χ4n) is 5.98. The molecule has 38 heavy (non-hydrogen) atoms. The van der Waals surface area contributed by atoms with Crippen LogP contribution in [0.15, 0.2) is 41.2 Å². The van der Waals surface area contributed by atoms with Crippen molar-refractivity contribution in [1.29, 1.82) is 0 Å². The SMILES string of the molecule is CNC(=O)Cn1c(=O)n(Cc2ccc3cc4c(cc3n2)CC2(C4)C(=O)NC(=O)N2C)c2cc(C)cc(C)c21. The summed E-state index contributed by atoms with van der Waals surface area (Å²) < 4.78 is 3.18. The fraction of sp³-hybridized carbons (Fsp3) is 0.321. The third kappa shape index (κ3) is 3.43. The molecule has 2 N–H and O–H groups in total. The molecule has 2 aromatic carbocycles. The average molecular weight is 513 g/mol. The molecular formula is C28H28N6O4. The zero-order valence-corrected chi connectivity index (χ0v) is 21.7. The predicted octanol–water partition coefficient (Wildman–Crippen LogP) is 1.78. The zero-order chi connectivity index (χ0) is 26.9. The highest BCUT2D eigenvalue weighted by Gasteiger charge is 2.54. The number of imidazole rings is 1. The standard InChI is InChI=1S/C28H28N6O4/c1-15-7-16(2)24-22(8-15)33(27(38)34(24)14-23(35)29-3)13-20-6-5-17-9-18-11-28(12-19(18)10-21(17)30-20)25(36)31-26(37)32(28)4/h5-10H,11-14H2,1-4H3,(H,29,35)(H,31,36,37). The normalized spacial score (nSPS) is 18.6. The van der Waals surface area contributed by atoms with Crippen molar-refractivity contribution in [2.75, 3.05) is 14.1 Å². The highest BCUT2D eigenvalue weighted by Crippen LogP contribution is 2.38. The Balaban J connectivity index is 1.40. The lowest BCUT2D eigenvalue weighted by atomic mass is 9.95. The highest BCUT2D eigenvalue weighted by molar-refractivity contribution is 6.08. The molecule has 1 fully saturated rings. The van der Waals surface area contributed by atoms with E-state index in [1.165, 1.54) is 9.47 Å². The number of aromatic nitrogens is 3. The van der Waals surface area contributed by atoms with Crippen molar-refractivity contribution in [2.45, 2.75) is 45.3 Å². The molecule has 4 aromatic rings. The molecular weight excluding hydrogens is 484 g/mol. The molecule has 2 aromatic heterocycles. The van der Waals surface area contributed by atoms with Crippen molar-refractivity contribution < 1.29 is 14.4 Å². The second-order valence-electron chi connectivity index (χ2n) is 10.4. The first-order valence-corrected chi connectivity index (χ1v) is 12.5.